The molecule has 0 saturated carbocycles. The van der Waals surface area contributed by atoms with E-state index in [1.807, 2.05) is 20.8 Å². The van der Waals surface area contributed by atoms with E-state index in [1.165, 1.54) is 0 Å². The van der Waals surface area contributed by atoms with Crippen molar-refractivity contribution in [3.05, 3.63) is 0 Å². The van der Waals surface area contributed by atoms with Gasteiger partial charge < -0.3 is 15.0 Å². The van der Waals surface area contributed by atoms with Crippen LogP contribution in [0, 0.1) is 5.92 Å². The number of hydrogen-bond acceptors (Lipinski definition) is 3. The van der Waals surface area contributed by atoms with Gasteiger partial charge in [-0.1, -0.05) is 0 Å². The van der Waals surface area contributed by atoms with Gasteiger partial charge in [-0.2, -0.15) is 0 Å². The summed E-state index contributed by atoms with van der Waals surface area (Å²) in [5.74, 6) is 0.253. The highest BCUT2D eigenvalue weighted by Crippen LogP contribution is 2.16. The number of nitrogens with zero attached hydrogens (tertiary/aromatic N) is 1. The maximum Gasteiger partial charge on any atom is 0.407 e. The van der Waals surface area contributed by atoms with Crippen LogP contribution in [-0.4, -0.2) is 48.0 Å². The van der Waals surface area contributed by atoms with Crippen molar-refractivity contribution in [3.8, 4) is 0 Å². The summed E-state index contributed by atoms with van der Waals surface area (Å²) < 4.78 is 5.17. The van der Waals surface area contributed by atoms with Gasteiger partial charge in [0.1, 0.15) is 11.5 Å². The Kier molecular flexibility index (Phi) is 5.91. The number of piperidine rings is 1. The first kappa shape index (κ1) is 16.1. The summed E-state index contributed by atoms with van der Waals surface area (Å²) in [6.07, 6.45) is 1.54. The lowest BCUT2D eigenvalue weighted by atomic mass is 9.98. The summed E-state index contributed by atoms with van der Waals surface area (Å²) in [4.78, 5) is 24.8. The van der Waals surface area contributed by atoms with Gasteiger partial charge in [0, 0.05) is 19.6 Å². The van der Waals surface area contributed by atoms with Crippen molar-refractivity contribution in [1.29, 1.82) is 0 Å². The molecule has 5 nitrogen and oxygen atoms in total. The first-order valence-electron chi connectivity index (χ1n) is 6.62. The zero-order valence-corrected chi connectivity index (χ0v) is 12.6. The molecule has 1 atom stereocenters. The molecular formula is C13H23ClN2O3. The zero-order valence-electron chi connectivity index (χ0n) is 11.9. The first-order valence-corrected chi connectivity index (χ1v) is 7.16. The Morgan fingerprint density at radius 3 is 2.68 bits per heavy atom. The molecule has 1 aliphatic rings. The molecule has 2 amide bonds. The minimum Gasteiger partial charge on any atom is -0.444 e. The number of carbonyl (C=O) groups is 2. The van der Waals surface area contributed by atoms with Crippen LogP contribution in [0.3, 0.4) is 0 Å². The lowest BCUT2D eigenvalue weighted by Crippen LogP contribution is -2.44. The van der Waals surface area contributed by atoms with Crippen molar-refractivity contribution in [3.63, 3.8) is 0 Å². The average molecular weight is 291 g/mol. The summed E-state index contributed by atoms with van der Waals surface area (Å²) in [5.41, 5.74) is -0.489. The molecule has 0 spiro atoms. The molecule has 0 aliphatic carbocycles. The molecule has 1 heterocycles. The molecule has 0 radical (unpaired) electrons. The molecule has 6 heteroatoms. The van der Waals surface area contributed by atoms with Gasteiger partial charge >= 0.3 is 6.09 Å². The predicted molar refractivity (Wildman–Crippen MR) is 74.3 cm³/mol. The summed E-state index contributed by atoms with van der Waals surface area (Å²) in [6, 6.07) is 0. The predicted octanol–water partition coefficient (Wildman–Crippen LogP) is 1.99. The fraction of sp³-hybridized carbons (Fsp3) is 0.846. The number of ether oxygens (including phenoxy) is 1. The second kappa shape index (κ2) is 6.98. The van der Waals surface area contributed by atoms with Gasteiger partial charge in [0.15, 0.2) is 0 Å². The molecule has 0 aromatic rings. The van der Waals surface area contributed by atoms with Crippen molar-refractivity contribution < 1.29 is 14.3 Å². The molecular weight excluding hydrogens is 268 g/mol. The van der Waals surface area contributed by atoms with E-state index in [0.29, 0.717) is 13.1 Å². The highest BCUT2D eigenvalue weighted by Gasteiger charge is 2.24. The Morgan fingerprint density at radius 2 is 2.11 bits per heavy atom. The van der Waals surface area contributed by atoms with E-state index in [9.17, 15) is 9.59 Å². The van der Waals surface area contributed by atoms with Crippen LogP contribution >= 0.6 is 11.6 Å². The van der Waals surface area contributed by atoms with E-state index >= 15 is 0 Å². The summed E-state index contributed by atoms with van der Waals surface area (Å²) in [5, 5.41) is 2.75. The molecule has 0 aromatic carbocycles. The van der Waals surface area contributed by atoms with Gasteiger partial charge in [-0.3, -0.25) is 4.79 Å². The summed E-state index contributed by atoms with van der Waals surface area (Å²) in [7, 11) is 0. The van der Waals surface area contributed by atoms with Crippen LogP contribution in [0.4, 0.5) is 4.79 Å². The summed E-state index contributed by atoms with van der Waals surface area (Å²) in [6.45, 7) is 7.42. The number of halogens is 1. The van der Waals surface area contributed by atoms with Crippen LogP contribution in [0.5, 0.6) is 0 Å². The third-order valence-corrected chi connectivity index (χ3v) is 3.15. The van der Waals surface area contributed by atoms with E-state index in [-0.39, 0.29) is 17.7 Å². The smallest absolute Gasteiger partial charge is 0.407 e. The zero-order chi connectivity index (χ0) is 14.5. The van der Waals surface area contributed by atoms with Crippen molar-refractivity contribution >= 4 is 23.6 Å². The second-order valence-corrected chi connectivity index (χ2v) is 6.13. The van der Waals surface area contributed by atoms with Crippen LogP contribution in [0.15, 0.2) is 0 Å². The number of nitrogens with one attached hydrogen (secondary N) is 1. The molecule has 1 fully saturated rings. The lowest BCUT2D eigenvalue weighted by molar-refractivity contribution is -0.130. The monoisotopic (exact) mass is 290 g/mol. The van der Waals surface area contributed by atoms with Crippen molar-refractivity contribution in [1.82, 2.24) is 10.2 Å². The lowest BCUT2D eigenvalue weighted by Gasteiger charge is -2.32. The normalized spacial score (nSPS) is 20.0. The fourth-order valence-corrected chi connectivity index (χ4v) is 2.25. The van der Waals surface area contributed by atoms with Crippen LogP contribution in [-0.2, 0) is 9.53 Å². The minimum absolute atomic E-state index is 0.0201. The molecule has 0 bridgehead atoms. The number of alkyl carbamates (subject to hydrolysis) is 1. The van der Waals surface area contributed by atoms with Crippen molar-refractivity contribution in [2.45, 2.75) is 39.2 Å². The van der Waals surface area contributed by atoms with Crippen molar-refractivity contribution in [2.24, 2.45) is 5.92 Å². The van der Waals surface area contributed by atoms with E-state index in [0.717, 1.165) is 19.4 Å². The van der Waals surface area contributed by atoms with Gasteiger partial charge in [0.25, 0.3) is 0 Å². The Morgan fingerprint density at radius 1 is 1.42 bits per heavy atom. The Balaban J connectivity index is 2.33. The molecule has 1 saturated heterocycles. The first-order chi connectivity index (χ1) is 8.81. The van der Waals surface area contributed by atoms with Gasteiger partial charge in [-0.25, -0.2) is 4.79 Å². The molecule has 1 N–H and O–H groups in total. The molecule has 110 valence electrons. The largest absolute Gasteiger partial charge is 0.444 e. The highest BCUT2D eigenvalue weighted by molar-refractivity contribution is 6.27. The summed E-state index contributed by atoms with van der Waals surface area (Å²) >= 11 is 5.55. The number of likely N-dealkylation sites (tertiary alicyclic amines) is 1. The van der Waals surface area contributed by atoms with Crippen LogP contribution < -0.4 is 5.32 Å². The van der Waals surface area contributed by atoms with E-state index < -0.39 is 11.7 Å². The molecule has 19 heavy (non-hydrogen) atoms. The SMILES string of the molecule is CC(C)(C)OC(=O)NCC1CCCN(C(=O)CCl)C1. The molecule has 0 aromatic heterocycles. The maximum atomic E-state index is 11.5. The Hall–Kier alpha value is -0.970. The van der Waals surface area contributed by atoms with Gasteiger partial charge in [0.2, 0.25) is 5.91 Å². The Bertz CT molecular complexity index is 328. The average Bonchev–Trinajstić information content (AvgIpc) is 2.34. The molecule has 1 unspecified atom stereocenters. The topological polar surface area (TPSA) is 58.6 Å². The van der Waals surface area contributed by atoms with Crippen molar-refractivity contribution in [2.75, 3.05) is 25.5 Å². The number of amides is 2. The van der Waals surface area contributed by atoms with Gasteiger partial charge in [-0.05, 0) is 39.5 Å². The van der Waals surface area contributed by atoms with E-state index in [1.54, 1.807) is 4.90 Å². The number of rotatable bonds is 3. The van der Waals surface area contributed by atoms with Crippen LogP contribution in [0.25, 0.3) is 0 Å². The van der Waals surface area contributed by atoms with Gasteiger partial charge in [-0.15, -0.1) is 11.6 Å². The fourth-order valence-electron chi connectivity index (χ4n) is 2.08. The molecule has 1 rings (SSSR count). The van der Waals surface area contributed by atoms with E-state index in [2.05, 4.69) is 5.32 Å². The van der Waals surface area contributed by atoms with Crippen LogP contribution in [0.2, 0.25) is 0 Å². The van der Waals surface area contributed by atoms with Gasteiger partial charge in [0.05, 0.1) is 0 Å². The Labute approximate surface area is 119 Å². The number of alkyl halides is 1. The standard InChI is InChI=1S/C13H23ClN2O3/c1-13(2,3)19-12(18)15-8-10-5-4-6-16(9-10)11(17)7-14/h10H,4-9H2,1-3H3,(H,15,18). The molecule has 1 aliphatic heterocycles. The number of carbonyl (C=O) groups excluding carboxylic acids is 2. The highest BCUT2D eigenvalue weighted by atomic mass is 35.5. The maximum absolute atomic E-state index is 11.5. The quantitative estimate of drug-likeness (QED) is 0.809. The van der Waals surface area contributed by atoms with E-state index in [4.69, 9.17) is 16.3 Å². The minimum atomic E-state index is -0.489. The van der Waals surface area contributed by atoms with Crippen LogP contribution in [0.1, 0.15) is 33.6 Å². The third kappa shape index (κ3) is 6.14. The number of hydrogen-bond donors (Lipinski definition) is 1. The second-order valence-electron chi connectivity index (χ2n) is 5.86. The third-order valence-electron chi connectivity index (χ3n) is 2.92.